The lowest BCUT2D eigenvalue weighted by molar-refractivity contribution is -0.131. The van der Waals surface area contributed by atoms with Gasteiger partial charge in [-0.2, -0.15) is 0 Å². The van der Waals surface area contributed by atoms with Gasteiger partial charge in [-0.25, -0.2) is 4.79 Å². The largest absolute Gasteiger partial charge is 0.478 e. The Hall–Kier alpha value is -1.98. The van der Waals surface area contributed by atoms with Crippen LogP contribution >= 0.6 is 0 Å². The van der Waals surface area contributed by atoms with Gasteiger partial charge >= 0.3 is 5.97 Å². The van der Waals surface area contributed by atoms with E-state index in [1.807, 2.05) is 25.1 Å². The summed E-state index contributed by atoms with van der Waals surface area (Å²) in [7, 11) is 0. The van der Waals surface area contributed by atoms with Gasteiger partial charge in [-0.15, -0.1) is 0 Å². The second-order valence-corrected chi connectivity index (χ2v) is 3.75. The molecule has 1 saturated heterocycles. The molecule has 1 aromatic rings. The number of aromatic nitrogens is 1. The van der Waals surface area contributed by atoms with Crippen molar-refractivity contribution in [2.45, 2.75) is 6.92 Å². The molecule has 0 aromatic carbocycles. The van der Waals surface area contributed by atoms with E-state index in [1.165, 1.54) is 6.08 Å². The van der Waals surface area contributed by atoms with Gasteiger partial charge in [0.05, 0.1) is 0 Å². The quantitative estimate of drug-likeness (QED) is 0.564. The minimum Gasteiger partial charge on any atom is -0.478 e. The smallest absolute Gasteiger partial charge is 0.328 e. The second-order valence-electron chi connectivity index (χ2n) is 3.75. The third kappa shape index (κ3) is 16.0. The Balaban J connectivity index is 0.000000274. The van der Waals surface area contributed by atoms with Crippen molar-refractivity contribution in [1.82, 2.24) is 15.6 Å². The van der Waals surface area contributed by atoms with Gasteiger partial charge in [-0.05, 0) is 19.1 Å². The van der Waals surface area contributed by atoms with Crippen LogP contribution in [0.25, 0.3) is 0 Å². The van der Waals surface area contributed by atoms with Gasteiger partial charge in [0.15, 0.2) is 0 Å². The van der Waals surface area contributed by atoms with E-state index in [-0.39, 0.29) is 0 Å². The van der Waals surface area contributed by atoms with Crippen LogP contribution in [0, 0.1) is 0 Å². The number of hydrogen-bond acceptors (Lipinski definition) is 4. The summed E-state index contributed by atoms with van der Waals surface area (Å²) < 4.78 is 0. The van der Waals surface area contributed by atoms with Crippen molar-refractivity contribution in [3.8, 4) is 0 Å². The Bertz CT molecular complexity index is 336. The second kappa shape index (κ2) is 15.1. The van der Waals surface area contributed by atoms with Crippen molar-refractivity contribution < 1.29 is 9.90 Å². The average molecular weight is 277 g/mol. The predicted octanol–water partition coefficient (Wildman–Crippen LogP) is 1.46. The molecule has 1 fully saturated rings. The normalized spacial score (nSPS) is 14.1. The standard InChI is InChI=1S/C6H8O2.C5H5N.C4H10N2/c1-2-3-4-5-6(7)8;1-2-4-6-5-3-1;1-2-6-4-3-5-1/h2-5H,1H3,(H,7,8);1-5H;5-6H,1-4H2/b3-2+,5-4+;;. The Morgan fingerprint density at radius 1 is 1.05 bits per heavy atom. The SMILES string of the molecule is C/C=C/C=C/C(=O)O.C1CNCCN1.c1ccncc1. The number of carboxylic acids is 1. The highest BCUT2D eigenvalue weighted by molar-refractivity contribution is 5.80. The summed E-state index contributed by atoms with van der Waals surface area (Å²) in [5, 5.41) is 14.5. The molecular formula is C15H23N3O2. The first-order valence-electron chi connectivity index (χ1n) is 6.56. The molecule has 5 nitrogen and oxygen atoms in total. The van der Waals surface area contributed by atoms with Crippen LogP contribution in [-0.2, 0) is 4.79 Å². The molecule has 0 unspecified atom stereocenters. The van der Waals surface area contributed by atoms with Crippen LogP contribution in [0.2, 0.25) is 0 Å². The minimum atomic E-state index is -0.914. The lowest BCUT2D eigenvalue weighted by Gasteiger charge is -2.11. The van der Waals surface area contributed by atoms with E-state index in [2.05, 4.69) is 15.6 Å². The average Bonchev–Trinajstić information content (AvgIpc) is 2.52. The molecule has 0 atom stereocenters. The van der Waals surface area contributed by atoms with Gasteiger partial charge in [0.2, 0.25) is 0 Å². The number of pyridine rings is 1. The zero-order valence-corrected chi connectivity index (χ0v) is 11.8. The minimum absolute atomic E-state index is 0.914. The van der Waals surface area contributed by atoms with Crippen LogP contribution in [0.15, 0.2) is 54.9 Å². The molecule has 20 heavy (non-hydrogen) atoms. The van der Waals surface area contributed by atoms with Crippen LogP contribution in [0.1, 0.15) is 6.92 Å². The van der Waals surface area contributed by atoms with Gasteiger partial charge < -0.3 is 15.7 Å². The summed E-state index contributed by atoms with van der Waals surface area (Å²) in [4.78, 5) is 13.5. The van der Waals surface area contributed by atoms with E-state index in [0.29, 0.717) is 0 Å². The number of aliphatic carboxylic acids is 1. The van der Waals surface area contributed by atoms with E-state index in [4.69, 9.17) is 5.11 Å². The number of rotatable bonds is 2. The maximum absolute atomic E-state index is 9.75. The van der Waals surface area contributed by atoms with Crippen molar-refractivity contribution in [2.75, 3.05) is 26.2 Å². The van der Waals surface area contributed by atoms with Crippen LogP contribution in [0.5, 0.6) is 0 Å². The van der Waals surface area contributed by atoms with E-state index in [0.717, 1.165) is 32.3 Å². The van der Waals surface area contributed by atoms with Crippen LogP contribution in [0.4, 0.5) is 0 Å². The van der Waals surface area contributed by atoms with E-state index < -0.39 is 5.97 Å². The summed E-state index contributed by atoms with van der Waals surface area (Å²) in [6.07, 6.45) is 9.48. The molecule has 1 aromatic heterocycles. The first kappa shape index (κ1) is 18.0. The number of carboxylic acid groups (broad SMARTS) is 1. The van der Waals surface area contributed by atoms with Crippen molar-refractivity contribution >= 4 is 5.97 Å². The molecule has 2 rings (SSSR count). The topological polar surface area (TPSA) is 74.2 Å². The maximum atomic E-state index is 9.75. The van der Waals surface area contributed by atoms with Crippen molar-refractivity contribution in [3.63, 3.8) is 0 Å². The Morgan fingerprint density at radius 3 is 1.85 bits per heavy atom. The van der Waals surface area contributed by atoms with Gasteiger partial charge in [0.25, 0.3) is 0 Å². The lowest BCUT2D eigenvalue weighted by atomic mass is 10.4. The zero-order valence-electron chi connectivity index (χ0n) is 11.8. The molecular weight excluding hydrogens is 254 g/mol. The molecule has 0 radical (unpaired) electrons. The van der Waals surface area contributed by atoms with Crippen molar-refractivity contribution in [2.24, 2.45) is 0 Å². The molecule has 0 spiro atoms. The highest BCUT2D eigenvalue weighted by Gasteiger charge is 1.91. The monoisotopic (exact) mass is 277 g/mol. The third-order valence-corrected chi connectivity index (χ3v) is 2.07. The Morgan fingerprint density at radius 2 is 1.60 bits per heavy atom. The molecule has 0 amide bonds. The van der Waals surface area contributed by atoms with Gasteiger partial charge in [0, 0.05) is 44.6 Å². The fourth-order valence-electron chi connectivity index (χ4n) is 1.17. The fraction of sp³-hybridized carbons (Fsp3) is 0.333. The summed E-state index contributed by atoms with van der Waals surface area (Å²) in [5.41, 5.74) is 0. The first-order chi connectivity index (χ1) is 9.77. The molecule has 0 bridgehead atoms. The number of nitrogens with zero attached hydrogens (tertiary/aromatic N) is 1. The number of hydrogen-bond donors (Lipinski definition) is 3. The molecule has 1 aliphatic rings. The molecule has 5 heteroatoms. The highest BCUT2D eigenvalue weighted by Crippen LogP contribution is 1.75. The lowest BCUT2D eigenvalue weighted by Crippen LogP contribution is -2.39. The fourth-order valence-corrected chi connectivity index (χ4v) is 1.17. The van der Waals surface area contributed by atoms with Crippen molar-refractivity contribution in [1.29, 1.82) is 0 Å². The summed E-state index contributed by atoms with van der Waals surface area (Å²) in [6, 6.07) is 5.72. The molecule has 1 aliphatic heterocycles. The van der Waals surface area contributed by atoms with Gasteiger partial charge in [-0.3, -0.25) is 4.98 Å². The molecule has 0 saturated carbocycles. The van der Waals surface area contributed by atoms with Crippen LogP contribution in [-0.4, -0.2) is 42.2 Å². The van der Waals surface area contributed by atoms with Crippen LogP contribution < -0.4 is 10.6 Å². The van der Waals surface area contributed by atoms with Gasteiger partial charge in [-0.1, -0.05) is 24.3 Å². The Labute approximate surface area is 120 Å². The van der Waals surface area contributed by atoms with Crippen LogP contribution in [0.3, 0.4) is 0 Å². The number of allylic oxidation sites excluding steroid dienone is 3. The van der Waals surface area contributed by atoms with E-state index in [1.54, 1.807) is 24.5 Å². The summed E-state index contributed by atoms with van der Waals surface area (Å²) in [6.45, 7) is 6.38. The Kier molecular flexibility index (Phi) is 13.6. The van der Waals surface area contributed by atoms with E-state index in [9.17, 15) is 4.79 Å². The first-order valence-corrected chi connectivity index (χ1v) is 6.56. The summed E-state index contributed by atoms with van der Waals surface area (Å²) >= 11 is 0. The maximum Gasteiger partial charge on any atom is 0.328 e. The summed E-state index contributed by atoms with van der Waals surface area (Å²) in [5.74, 6) is -0.914. The molecule has 2 heterocycles. The van der Waals surface area contributed by atoms with E-state index >= 15 is 0 Å². The molecule has 110 valence electrons. The third-order valence-electron chi connectivity index (χ3n) is 2.07. The number of piperazine rings is 1. The molecule has 3 N–H and O–H groups in total. The zero-order chi connectivity index (χ0) is 14.9. The van der Waals surface area contributed by atoms with Crippen molar-refractivity contribution in [3.05, 3.63) is 54.9 Å². The van der Waals surface area contributed by atoms with Gasteiger partial charge in [0.1, 0.15) is 0 Å². The number of carbonyl (C=O) groups is 1. The highest BCUT2D eigenvalue weighted by atomic mass is 16.4. The molecule has 0 aliphatic carbocycles. The predicted molar refractivity (Wildman–Crippen MR) is 81.6 cm³/mol. The number of nitrogens with one attached hydrogen (secondary N) is 2.